The molecule has 0 radical (unpaired) electrons. The molecule has 96 valence electrons. The Morgan fingerprint density at radius 3 is 3.00 bits per heavy atom. The Bertz CT molecular complexity index is 774. The highest BCUT2D eigenvalue weighted by molar-refractivity contribution is 6.09. The maximum Gasteiger partial charge on any atom is 0.356 e. The molecule has 1 N–H and O–H groups in total. The largest absolute Gasteiger partial charge is 0.461 e. The quantitative estimate of drug-likeness (QED) is 0.714. The summed E-state index contributed by atoms with van der Waals surface area (Å²) in [6, 6.07) is 7.88. The van der Waals surface area contributed by atoms with E-state index in [4.69, 9.17) is 4.74 Å². The number of esters is 1. The van der Waals surface area contributed by atoms with Gasteiger partial charge < -0.3 is 9.72 Å². The molecule has 0 saturated carbocycles. The molecule has 0 fully saturated rings. The van der Waals surface area contributed by atoms with Gasteiger partial charge in [-0.2, -0.15) is 0 Å². The van der Waals surface area contributed by atoms with Crippen molar-refractivity contribution in [1.29, 1.82) is 0 Å². The van der Waals surface area contributed by atoms with Crippen LogP contribution in [0.5, 0.6) is 0 Å². The van der Waals surface area contributed by atoms with Crippen LogP contribution in [0, 0.1) is 6.92 Å². The van der Waals surface area contributed by atoms with E-state index in [-0.39, 0.29) is 5.97 Å². The topological polar surface area (TPSA) is 55.0 Å². The standard InChI is InChI=1S/C15H14N2O2/c1-3-19-15(18)12-7-11-10-6-4-5-9(2)14(10)17-13(11)8-16-12/h4-8,17H,3H2,1-2H3. The number of pyridine rings is 1. The van der Waals surface area contributed by atoms with Gasteiger partial charge in [0, 0.05) is 16.3 Å². The minimum Gasteiger partial charge on any atom is -0.461 e. The molecule has 0 spiro atoms. The third kappa shape index (κ3) is 1.85. The zero-order valence-corrected chi connectivity index (χ0v) is 10.9. The maximum atomic E-state index is 11.7. The predicted octanol–water partition coefficient (Wildman–Crippen LogP) is 3.20. The lowest BCUT2D eigenvalue weighted by atomic mass is 10.1. The van der Waals surface area contributed by atoms with Crippen LogP contribution in [-0.4, -0.2) is 22.5 Å². The summed E-state index contributed by atoms with van der Waals surface area (Å²) < 4.78 is 4.98. The Kier molecular flexibility index (Phi) is 2.71. The van der Waals surface area contributed by atoms with Crippen LogP contribution in [0.15, 0.2) is 30.5 Å². The molecular weight excluding hydrogens is 240 g/mol. The lowest BCUT2D eigenvalue weighted by Crippen LogP contribution is -2.06. The van der Waals surface area contributed by atoms with Gasteiger partial charge >= 0.3 is 5.97 Å². The number of aromatic amines is 1. The number of hydrogen-bond acceptors (Lipinski definition) is 3. The Hall–Kier alpha value is -2.36. The van der Waals surface area contributed by atoms with E-state index in [1.54, 1.807) is 19.2 Å². The highest BCUT2D eigenvalue weighted by atomic mass is 16.5. The number of rotatable bonds is 2. The maximum absolute atomic E-state index is 11.7. The van der Waals surface area contributed by atoms with Crippen LogP contribution in [0.25, 0.3) is 21.8 Å². The van der Waals surface area contributed by atoms with E-state index in [1.165, 1.54) is 5.56 Å². The molecule has 1 aromatic carbocycles. The molecule has 0 bridgehead atoms. The Balaban J connectivity index is 2.24. The van der Waals surface area contributed by atoms with Crippen molar-refractivity contribution >= 4 is 27.8 Å². The number of aryl methyl sites for hydroxylation is 1. The normalized spacial score (nSPS) is 11.1. The number of H-pyrrole nitrogens is 1. The van der Waals surface area contributed by atoms with E-state index in [0.29, 0.717) is 12.3 Å². The Morgan fingerprint density at radius 1 is 1.37 bits per heavy atom. The lowest BCUT2D eigenvalue weighted by molar-refractivity contribution is 0.0520. The number of ether oxygens (including phenoxy) is 1. The molecule has 0 aliphatic carbocycles. The summed E-state index contributed by atoms with van der Waals surface area (Å²) in [5, 5.41) is 2.10. The van der Waals surface area contributed by atoms with Crippen molar-refractivity contribution in [2.45, 2.75) is 13.8 Å². The minimum absolute atomic E-state index is 0.344. The second-order valence-corrected chi connectivity index (χ2v) is 4.46. The first-order valence-electron chi connectivity index (χ1n) is 6.25. The molecule has 0 amide bonds. The van der Waals surface area contributed by atoms with Crippen molar-refractivity contribution in [3.05, 3.63) is 41.7 Å². The fourth-order valence-corrected chi connectivity index (χ4v) is 2.29. The first-order chi connectivity index (χ1) is 9.20. The van der Waals surface area contributed by atoms with Crippen molar-refractivity contribution in [3.8, 4) is 0 Å². The van der Waals surface area contributed by atoms with E-state index < -0.39 is 0 Å². The van der Waals surface area contributed by atoms with Crippen LogP contribution in [0.1, 0.15) is 23.0 Å². The molecular formula is C15H14N2O2. The van der Waals surface area contributed by atoms with E-state index in [9.17, 15) is 4.79 Å². The highest BCUT2D eigenvalue weighted by Gasteiger charge is 2.12. The number of fused-ring (bicyclic) bond motifs is 3. The molecule has 0 unspecified atom stereocenters. The lowest BCUT2D eigenvalue weighted by Gasteiger charge is -2.00. The second-order valence-electron chi connectivity index (χ2n) is 4.46. The number of nitrogens with one attached hydrogen (secondary N) is 1. The van der Waals surface area contributed by atoms with Gasteiger partial charge in [-0.1, -0.05) is 18.2 Å². The number of benzene rings is 1. The van der Waals surface area contributed by atoms with Crippen molar-refractivity contribution in [2.75, 3.05) is 6.61 Å². The molecule has 4 heteroatoms. The molecule has 0 atom stereocenters. The van der Waals surface area contributed by atoms with Crippen molar-refractivity contribution in [3.63, 3.8) is 0 Å². The minimum atomic E-state index is -0.383. The third-order valence-corrected chi connectivity index (χ3v) is 3.21. The fraction of sp³-hybridized carbons (Fsp3) is 0.200. The first kappa shape index (κ1) is 11.7. The summed E-state index contributed by atoms with van der Waals surface area (Å²) in [5.74, 6) is -0.383. The van der Waals surface area contributed by atoms with Crippen LogP contribution in [0.4, 0.5) is 0 Å². The van der Waals surface area contributed by atoms with Gasteiger partial charge in [-0.25, -0.2) is 9.78 Å². The summed E-state index contributed by atoms with van der Waals surface area (Å²) in [6.07, 6.45) is 1.68. The van der Waals surface area contributed by atoms with Crippen LogP contribution >= 0.6 is 0 Å². The predicted molar refractivity (Wildman–Crippen MR) is 74.3 cm³/mol. The van der Waals surface area contributed by atoms with Gasteiger partial charge in [0.05, 0.1) is 18.3 Å². The number of hydrogen-bond donors (Lipinski definition) is 1. The van der Waals surface area contributed by atoms with E-state index >= 15 is 0 Å². The number of aromatic nitrogens is 2. The van der Waals surface area contributed by atoms with E-state index in [0.717, 1.165) is 21.8 Å². The number of para-hydroxylation sites is 1. The van der Waals surface area contributed by atoms with Crippen LogP contribution in [0.3, 0.4) is 0 Å². The van der Waals surface area contributed by atoms with Gasteiger partial charge in [-0.3, -0.25) is 0 Å². The van der Waals surface area contributed by atoms with Crippen molar-refractivity contribution in [2.24, 2.45) is 0 Å². The number of carbonyl (C=O) groups is 1. The van der Waals surface area contributed by atoms with Gasteiger partial charge in [0.2, 0.25) is 0 Å². The van der Waals surface area contributed by atoms with E-state index in [2.05, 4.69) is 23.0 Å². The van der Waals surface area contributed by atoms with Gasteiger partial charge in [-0.15, -0.1) is 0 Å². The second kappa shape index (κ2) is 4.39. The Morgan fingerprint density at radius 2 is 2.21 bits per heavy atom. The summed E-state index contributed by atoms with van der Waals surface area (Å²) in [4.78, 5) is 19.2. The Labute approximate surface area is 110 Å². The monoisotopic (exact) mass is 254 g/mol. The molecule has 2 heterocycles. The summed E-state index contributed by atoms with van der Waals surface area (Å²) in [6.45, 7) is 4.19. The summed E-state index contributed by atoms with van der Waals surface area (Å²) in [5.41, 5.74) is 3.53. The van der Waals surface area contributed by atoms with Crippen LogP contribution < -0.4 is 0 Å². The molecule has 3 aromatic rings. The van der Waals surface area contributed by atoms with Gasteiger partial charge in [0.15, 0.2) is 0 Å². The summed E-state index contributed by atoms with van der Waals surface area (Å²) in [7, 11) is 0. The van der Waals surface area contributed by atoms with Gasteiger partial charge in [0.25, 0.3) is 0 Å². The molecule has 19 heavy (non-hydrogen) atoms. The zero-order chi connectivity index (χ0) is 13.4. The average Bonchev–Trinajstić information content (AvgIpc) is 2.78. The summed E-state index contributed by atoms with van der Waals surface area (Å²) >= 11 is 0. The smallest absolute Gasteiger partial charge is 0.356 e. The molecule has 0 aliphatic rings. The zero-order valence-electron chi connectivity index (χ0n) is 10.9. The molecule has 4 nitrogen and oxygen atoms in total. The number of nitrogens with zero attached hydrogens (tertiary/aromatic N) is 1. The van der Waals surface area contributed by atoms with E-state index in [1.807, 2.05) is 12.1 Å². The molecule has 2 aromatic heterocycles. The molecule has 0 aliphatic heterocycles. The van der Waals surface area contributed by atoms with Crippen molar-refractivity contribution < 1.29 is 9.53 Å². The third-order valence-electron chi connectivity index (χ3n) is 3.21. The first-order valence-corrected chi connectivity index (χ1v) is 6.25. The van der Waals surface area contributed by atoms with Gasteiger partial charge in [0.1, 0.15) is 5.69 Å². The fourth-order valence-electron chi connectivity index (χ4n) is 2.29. The van der Waals surface area contributed by atoms with Crippen molar-refractivity contribution in [1.82, 2.24) is 9.97 Å². The van der Waals surface area contributed by atoms with Gasteiger partial charge in [-0.05, 0) is 25.5 Å². The molecule has 0 saturated heterocycles. The van der Waals surface area contributed by atoms with Crippen LogP contribution in [0.2, 0.25) is 0 Å². The van der Waals surface area contributed by atoms with Crippen LogP contribution in [-0.2, 0) is 4.74 Å². The molecule has 3 rings (SSSR count). The highest BCUT2D eigenvalue weighted by Crippen LogP contribution is 2.27. The SMILES string of the molecule is CCOC(=O)c1cc2c(cn1)[nH]c1c(C)cccc12. The average molecular weight is 254 g/mol. The number of carbonyl (C=O) groups excluding carboxylic acids is 1.